The van der Waals surface area contributed by atoms with Gasteiger partial charge in [0.25, 0.3) is 5.91 Å². The smallest absolute Gasteiger partial charge is 0.335 e. The fourth-order valence-electron chi connectivity index (χ4n) is 2.29. The molecule has 2 aromatic rings. The van der Waals surface area contributed by atoms with E-state index in [4.69, 9.17) is 14.2 Å². The molecule has 7 heteroatoms. The summed E-state index contributed by atoms with van der Waals surface area (Å²) in [5.41, 5.74) is 1.11. The van der Waals surface area contributed by atoms with Crippen LogP contribution in [0.2, 0.25) is 0 Å². The summed E-state index contributed by atoms with van der Waals surface area (Å²) in [5.74, 6) is -1.12. The van der Waals surface area contributed by atoms with Crippen LogP contribution in [0.5, 0.6) is 11.5 Å². The number of amides is 1. The summed E-state index contributed by atoms with van der Waals surface area (Å²) >= 11 is 0. The Bertz CT molecular complexity index is 775. The monoisotopic (exact) mass is 359 g/mol. The van der Waals surface area contributed by atoms with Crippen LogP contribution < -0.4 is 14.8 Å². The largest absolute Gasteiger partial charge is 0.493 e. The molecule has 2 rings (SSSR count). The third-order valence-electron chi connectivity index (χ3n) is 3.70. The second-order valence-electron chi connectivity index (χ2n) is 5.49. The summed E-state index contributed by atoms with van der Waals surface area (Å²) in [6, 6.07) is 12.1. The summed E-state index contributed by atoms with van der Waals surface area (Å²) in [6.45, 7) is 1.90. The summed E-state index contributed by atoms with van der Waals surface area (Å²) in [5, 5.41) is 11.8. The topological polar surface area (TPSA) is 94.1 Å². The van der Waals surface area contributed by atoms with E-state index in [0.29, 0.717) is 0 Å². The second kappa shape index (κ2) is 8.87. The van der Waals surface area contributed by atoms with Crippen molar-refractivity contribution in [1.82, 2.24) is 0 Å². The standard InChI is InChI=1S/C19H21NO6/c1-12(26-11-13-7-5-4-6-8-13)18(21)20-15-9-14(19(22)23)10-16(24-2)17(15)25-3/h4-10,12H,11H2,1-3H3,(H,20,21)(H,22,23). The van der Waals surface area contributed by atoms with Crippen LogP contribution in [0, 0.1) is 0 Å². The molecule has 0 fully saturated rings. The minimum Gasteiger partial charge on any atom is -0.493 e. The van der Waals surface area contributed by atoms with Crippen molar-refractivity contribution in [2.75, 3.05) is 19.5 Å². The van der Waals surface area contributed by atoms with Crippen LogP contribution in [0.1, 0.15) is 22.8 Å². The molecule has 7 nitrogen and oxygen atoms in total. The first-order valence-electron chi connectivity index (χ1n) is 7.92. The van der Waals surface area contributed by atoms with Gasteiger partial charge in [0.2, 0.25) is 0 Å². The average Bonchev–Trinajstić information content (AvgIpc) is 2.65. The maximum Gasteiger partial charge on any atom is 0.335 e. The molecule has 138 valence electrons. The Balaban J connectivity index is 2.13. The minimum atomic E-state index is -1.14. The Morgan fingerprint density at radius 2 is 1.81 bits per heavy atom. The van der Waals surface area contributed by atoms with E-state index in [-0.39, 0.29) is 29.4 Å². The maximum atomic E-state index is 12.4. The lowest BCUT2D eigenvalue weighted by Gasteiger charge is -2.17. The summed E-state index contributed by atoms with van der Waals surface area (Å²) in [6.07, 6.45) is -0.751. The third-order valence-corrected chi connectivity index (χ3v) is 3.70. The van der Waals surface area contributed by atoms with Crippen molar-refractivity contribution in [2.45, 2.75) is 19.6 Å². The number of hydrogen-bond donors (Lipinski definition) is 2. The van der Waals surface area contributed by atoms with Crippen LogP contribution in [0.4, 0.5) is 5.69 Å². The number of carbonyl (C=O) groups excluding carboxylic acids is 1. The number of nitrogens with one attached hydrogen (secondary N) is 1. The Hall–Kier alpha value is -3.06. The lowest BCUT2D eigenvalue weighted by Crippen LogP contribution is -2.28. The van der Waals surface area contributed by atoms with Gasteiger partial charge in [-0.05, 0) is 24.6 Å². The van der Waals surface area contributed by atoms with E-state index in [1.165, 1.54) is 26.4 Å². The number of carboxylic acids is 1. The number of methoxy groups -OCH3 is 2. The van der Waals surface area contributed by atoms with Gasteiger partial charge in [-0.3, -0.25) is 4.79 Å². The fraction of sp³-hybridized carbons (Fsp3) is 0.263. The minimum absolute atomic E-state index is 0.0317. The first kappa shape index (κ1) is 19.3. The number of ether oxygens (including phenoxy) is 3. The van der Waals surface area contributed by atoms with E-state index in [9.17, 15) is 14.7 Å². The highest BCUT2D eigenvalue weighted by Gasteiger charge is 2.20. The van der Waals surface area contributed by atoms with Gasteiger partial charge in [-0.2, -0.15) is 0 Å². The molecule has 1 atom stereocenters. The molecule has 1 unspecified atom stereocenters. The molecule has 2 N–H and O–H groups in total. The predicted octanol–water partition coefficient (Wildman–Crippen LogP) is 2.95. The van der Waals surface area contributed by atoms with Gasteiger partial charge >= 0.3 is 5.97 Å². The van der Waals surface area contributed by atoms with Gasteiger partial charge in [-0.15, -0.1) is 0 Å². The first-order chi connectivity index (χ1) is 12.5. The molecular formula is C19H21NO6. The van der Waals surface area contributed by atoms with Crippen LogP contribution in [0.25, 0.3) is 0 Å². The normalized spacial score (nSPS) is 11.5. The van der Waals surface area contributed by atoms with Crippen LogP contribution in [0.15, 0.2) is 42.5 Å². The Kier molecular flexibility index (Phi) is 6.57. The number of carbonyl (C=O) groups is 2. The molecule has 1 amide bonds. The Morgan fingerprint density at radius 3 is 2.38 bits per heavy atom. The third kappa shape index (κ3) is 4.73. The van der Waals surface area contributed by atoms with E-state index in [0.717, 1.165) is 5.56 Å². The van der Waals surface area contributed by atoms with Gasteiger partial charge in [-0.1, -0.05) is 30.3 Å². The van der Waals surface area contributed by atoms with Crippen LogP contribution in [0.3, 0.4) is 0 Å². The molecule has 0 heterocycles. The molecule has 0 bridgehead atoms. The molecule has 0 saturated carbocycles. The van der Waals surface area contributed by atoms with Gasteiger partial charge in [0.15, 0.2) is 11.5 Å². The highest BCUT2D eigenvalue weighted by atomic mass is 16.5. The number of anilines is 1. The SMILES string of the molecule is COc1cc(C(=O)O)cc(NC(=O)C(C)OCc2ccccc2)c1OC. The molecule has 0 radical (unpaired) electrons. The van der Waals surface area contributed by atoms with Crippen molar-refractivity contribution in [1.29, 1.82) is 0 Å². The van der Waals surface area contributed by atoms with Gasteiger partial charge in [0.05, 0.1) is 32.1 Å². The highest BCUT2D eigenvalue weighted by Crippen LogP contribution is 2.36. The maximum absolute atomic E-state index is 12.4. The Labute approximate surface area is 151 Å². The summed E-state index contributed by atoms with van der Waals surface area (Å²) < 4.78 is 16.0. The van der Waals surface area contributed by atoms with Crippen molar-refractivity contribution in [3.63, 3.8) is 0 Å². The van der Waals surface area contributed by atoms with Gasteiger partial charge in [0, 0.05) is 0 Å². The van der Waals surface area contributed by atoms with E-state index in [1.807, 2.05) is 30.3 Å². The van der Waals surface area contributed by atoms with Crippen molar-refractivity contribution in [3.8, 4) is 11.5 Å². The number of benzene rings is 2. The van der Waals surface area contributed by atoms with Gasteiger partial charge < -0.3 is 24.6 Å². The highest BCUT2D eigenvalue weighted by molar-refractivity contribution is 5.98. The zero-order valence-corrected chi connectivity index (χ0v) is 14.8. The summed E-state index contributed by atoms with van der Waals surface area (Å²) in [7, 11) is 2.80. The Morgan fingerprint density at radius 1 is 1.12 bits per heavy atom. The molecular weight excluding hydrogens is 338 g/mol. The van der Waals surface area contributed by atoms with Crippen LogP contribution in [-0.2, 0) is 16.1 Å². The summed E-state index contributed by atoms with van der Waals surface area (Å²) in [4.78, 5) is 23.7. The average molecular weight is 359 g/mol. The van der Waals surface area contributed by atoms with Crippen molar-refractivity contribution in [2.24, 2.45) is 0 Å². The van der Waals surface area contributed by atoms with Crippen molar-refractivity contribution in [3.05, 3.63) is 53.6 Å². The first-order valence-corrected chi connectivity index (χ1v) is 7.92. The lowest BCUT2D eigenvalue weighted by atomic mass is 10.1. The number of rotatable bonds is 8. The molecule has 2 aromatic carbocycles. The molecule has 0 aliphatic carbocycles. The quantitative estimate of drug-likeness (QED) is 0.753. The predicted molar refractivity (Wildman–Crippen MR) is 95.8 cm³/mol. The molecule has 0 aromatic heterocycles. The molecule has 26 heavy (non-hydrogen) atoms. The second-order valence-corrected chi connectivity index (χ2v) is 5.49. The zero-order chi connectivity index (χ0) is 19.1. The van der Waals surface area contributed by atoms with E-state index in [2.05, 4.69) is 5.32 Å². The van der Waals surface area contributed by atoms with Crippen LogP contribution in [-0.4, -0.2) is 37.3 Å². The van der Waals surface area contributed by atoms with Crippen LogP contribution >= 0.6 is 0 Å². The van der Waals surface area contributed by atoms with E-state index in [1.54, 1.807) is 6.92 Å². The lowest BCUT2D eigenvalue weighted by molar-refractivity contribution is -0.127. The van der Waals surface area contributed by atoms with E-state index < -0.39 is 18.0 Å². The van der Waals surface area contributed by atoms with Crippen molar-refractivity contribution < 1.29 is 28.9 Å². The molecule has 0 aliphatic heterocycles. The van der Waals surface area contributed by atoms with Gasteiger partial charge in [0.1, 0.15) is 6.10 Å². The molecule has 0 saturated heterocycles. The fourth-order valence-corrected chi connectivity index (χ4v) is 2.29. The number of hydrogen-bond acceptors (Lipinski definition) is 5. The van der Waals surface area contributed by atoms with Gasteiger partial charge in [-0.25, -0.2) is 4.79 Å². The molecule has 0 aliphatic rings. The number of aromatic carboxylic acids is 1. The van der Waals surface area contributed by atoms with E-state index >= 15 is 0 Å². The zero-order valence-electron chi connectivity index (χ0n) is 14.8. The van der Waals surface area contributed by atoms with Crippen molar-refractivity contribution >= 4 is 17.6 Å². The molecule has 0 spiro atoms. The number of carboxylic acid groups (broad SMARTS) is 1.